The van der Waals surface area contributed by atoms with Crippen LogP contribution in [-0.2, 0) is 11.2 Å². The van der Waals surface area contributed by atoms with Gasteiger partial charge in [-0.1, -0.05) is 36.4 Å². The highest BCUT2D eigenvalue weighted by molar-refractivity contribution is 5.76. The van der Waals surface area contributed by atoms with Crippen molar-refractivity contribution in [1.82, 2.24) is 5.32 Å². The maximum Gasteiger partial charge on any atom is 0.225 e. The van der Waals surface area contributed by atoms with Gasteiger partial charge in [0, 0.05) is 19.2 Å². The fourth-order valence-corrected chi connectivity index (χ4v) is 1.16. The summed E-state index contributed by atoms with van der Waals surface area (Å²) >= 11 is 0. The second-order valence-corrected chi connectivity index (χ2v) is 3.20. The van der Waals surface area contributed by atoms with Gasteiger partial charge >= 0.3 is 0 Å². The lowest BCUT2D eigenvalue weighted by Crippen LogP contribution is -2.20. The third kappa shape index (κ3) is 4.98. The van der Waals surface area contributed by atoms with Crippen molar-refractivity contribution < 1.29 is 4.79 Å². The van der Waals surface area contributed by atoms with Crippen LogP contribution in [0.25, 0.3) is 0 Å². The number of carbonyl (C=O) groups is 1. The summed E-state index contributed by atoms with van der Waals surface area (Å²) in [4.78, 5) is 11.0. The zero-order valence-corrected chi connectivity index (χ0v) is 8.65. The Morgan fingerprint density at radius 3 is 2.73 bits per heavy atom. The molecule has 80 valence electrons. The number of hydrogen-bond acceptors (Lipinski definition) is 2. The number of amides is 1. The van der Waals surface area contributed by atoms with Crippen molar-refractivity contribution in [2.75, 3.05) is 6.54 Å². The second kappa shape index (κ2) is 6.79. The van der Waals surface area contributed by atoms with E-state index in [0.717, 1.165) is 6.42 Å². The van der Waals surface area contributed by atoms with Gasteiger partial charge in [-0.3, -0.25) is 4.79 Å². The molecule has 0 atom stereocenters. The number of carbonyl (C=O) groups excluding carboxylic acids is 1. The molecule has 0 bridgehead atoms. The number of benzene rings is 1. The van der Waals surface area contributed by atoms with Crippen LogP contribution in [0.2, 0.25) is 0 Å². The van der Waals surface area contributed by atoms with Crippen LogP contribution in [0.1, 0.15) is 12.0 Å². The number of hydrogen-bond donors (Lipinski definition) is 2. The van der Waals surface area contributed by atoms with Gasteiger partial charge in [-0.2, -0.15) is 0 Å². The number of allylic oxidation sites excluding steroid dienone is 1. The van der Waals surface area contributed by atoms with E-state index in [2.05, 4.69) is 5.32 Å². The molecule has 0 heterocycles. The lowest BCUT2D eigenvalue weighted by Gasteiger charge is -1.97. The molecule has 0 unspecified atom stereocenters. The van der Waals surface area contributed by atoms with E-state index < -0.39 is 0 Å². The van der Waals surface area contributed by atoms with Gasteiger partial charge < -0.3 is 11.1 Å². The molecule has 1 amide bonds. The molecule has 3 heteroatoms. The smallest absolute Gasteiger partial charge is 0.225 e. The monoisotopic (exact) mass is 204 g/mol. The Hall–Kier alpha value is -1.61. The molecule has 3 nitrogen and oxygen atoms in total. The van der Waals surface area contributed by atoms with Gasteiger partial charge in [-0.05, 0) is 12.0 Å². The van der Waals surface area contributed by atoms with E-state index in [-0.39, 0.29) is 5.91 Å². The predicted molar refractivity (Wildman–Crippen MR) is 61.1 cm³/mol. The van der Waals surface area contributed by atoms with E-state index in [4.69, 9.17) is 5.73 Å². The van der Waals surface area contributed by atoms with Crippen molar-refractivity contribution in [2.45, 2.75) is 12.8 Å². The third-order valence-corrected chi connectivity index (χ3v) is 1.93. The van der Waals surface area contributed by atoms with Crippen LogP contribution in [0.4, 0.5) is 0 Å². The molecule has 1 rings (SSSR count). The van der Waals surface area contributed by atoms with Crippen molar-refractivity contribution in [1.29, 1.82) is 0 Å². The molecule has 1 aromatic rings. The van der Waals surface area contributed by atoms with E-state index in [1.807, 2.05) is 36.4 Å². The molecule has 15 heavy (non-hydrogen) atoms. The van der Waals surface area contributed by atoms with Gasteiger partial charge in [-0.25, -0.2) is 0 Å². The standard InChI is InChI=1S/C12H16N2O/c13-9-8-12(15)14-10-4-7-11-5-2-1-3-6-11/h1-6,10H,7-9,13H2,(H,14,15). The molecule has 0 spiro atoms. The SMILES string of the molecule is NCCC(=O)NC=CCc1ccccc1. The summed E-state index contributed by atoms with van der Waals surface area (Å²) in [5.74, 6) is -0.0400. The summed E-state index contributed by atoms with van der Waals surface area (Å²) in [6.07, 6.45) is 4.79. The first-order chi connectivity index (χ1) is 7.33. The summed E-state index contributed by atoms with van der Waals surface area (Å²) in [7, 11) is 0. The van der Waals surface area contributed by atoms with Crippen molar-refractivity contribution in [2.24, 2.45) is 5.73 Å². The molecular weight excluding hydrogens is 188 g/mol. The van der Waals surface area contributed by atoms with Gasteiger partial charge in [0.25, 0.3) is 0 Å². The fourth-order valence-electron chi connectivity index (χ4n) is 1.16. The van der Waals surface area contributed by atoms with Gasteiger partial charge in [0.15, 0.2) is 0 Å². The summed E-state index contributed by atoms with van der Waals surface area (Å²) in [6, 6.07) is 10.1. The molecule has 0 aliphatic carbocycles. The van der Waals surface area contributed by atoms with Gasteiger partial charge in [0.2, 0.25) is 5.91 Å². The van der Waals surface area contributed by atoms with Crippen LogP contribution in [0, 0.1) is 0 Å². The van der Waals surface area contributed by atoms with Gasteiger partial charge in [0.1, 0.15) is 0 Å². The molecule has 0 saturated carbocycles. The van der Waals surface area contributed by atoms with Crippen molar-refractivity contribution in [3.8, 4) is 0 Å². The summed E-state index contributed by atoms with van der Waals surface area (Å²) in [6.45, 7) is 0.387. The number of rotatable bonds is 5. The highest BCUT2D eigenvalue weighted by atomic mass is 16.1. The van der Waals surface area contributed by atoms with Crippen LogP contribution in [-0.4, -0.2) is 12.5 Å². The Balaban J connectivity index is 2.26. The van der Waals surface area contributed by atoms with Crippen molar-refractivity contribution >= 4 is 5.91 Å². The first kappa shape index (κ1) is 11.5. The molecule has 0 radical (unpaired) electrons. The average Bonchev–Trinajstić information content (AvgIpc) is 2.26. The molecule has 0 aliphatic rings. The van der Waals surface area contributed by atoms with Gasteiger partial charge in [0.05, 0.1) is 0 Å². The van der Waals surface area contributed by atoms with Crippen molar-refractivity contribution in [3.63, 3.8) is 0 Å². The summed E-state index contributed by atoms with van der Waals surface area (Å²) in [5.41, 5.74) is 6.46. The molecule has 1 aromatic carbocycles. The van der Waals surface area contributed by atoms with Crippen LogP contribution < -0.4 is 11.1 Å². The minimum absolute atomic E-state index is 0.0400. The Morgan fingerprint density at radius 2 is 2.07 bits per heavy atom. The van der Waals surface area contributed by atoms with Crippen LogP contribution >= 0.6 is 0 Å². The van der Waals surface area contributed by atoms with Crippen LogP contribution in [0.5, 0.6) is 0 Å². The zero-order valence-electron chi connectivity index (χ0n) is 8.65. The predicted octanol–water partition coefficient (Wildman–Crippen LogP) is 1.21. The second-order valence-electron chi connectivity index (χ2n) is 3.20. The van der Waals surface area contributed by atoms with E-state index in [1.54, 1.807) is 6.20 Å². The molecule has 0 aliphatic heterocycles. The van der Waals surface area contributed by atoms with Crippen LogP contribution in [0.3, 0.4) is 0 Å². The maximum atomic E-state index is 11.0. The highest BCUT2D eigenvalue weighted by Crippen LogP contribution is 1.99. The highest BCUT2D eigenvalue weighted by Gasteiger charge is 1.93. The summed E-state index contributed by atoms with van der Waals surface area (Å²) < 4.78 is 0. The quantitative estimate of drug-likeness (QED) is 0.757. The lowest BCUT2D eigenvalue weighted by atomic mass is 10.1. The van der Waals surface area contributed by atoms with E-state index in [0.29, 0.717) is 13.0 Å². The fraction of sp³-hybridized carbons (Fsp3) is 0.250. The minimum atomic E-state index is -0.0400. The average molecular weight is 204 g/mol. The largest absolute Gasteiger partial charge is 0.333 e. The Labute approximate surface area is 90.0 Å². The molecule has 3 N–H and O–H groups in total. The maximum absolute atomic E-state index is 11.0. The lowest BCUT2D eigenvalue weighted by molar-refractivity contribution is -0.119. The molecule has 0 saturated heterocycles. The minimum Gasteiger partial charge on any atom is -0.333 e. The molecule has 0 fully saturated rings. The van der Waals surface area contributed by atoms with E-state index in [9.17, 15) is 4.79 Å². The van der Waals surface area contributed by atoms with Gasteiger partial charge in [-0.15, -0.1) is 0 Å². The first-order valence-electron chi connectivity index (χ1n) is 5.01. The summed E-state index contributed by atoms with van der Waals surface area (Å²) in [5, 5.41) is 2.65. The van der Waals surface area contributed by atoms with Crippen LogP contribution in [0.15, 0.2) is 42.6 Å². The molecular formula is C12H16N2O. The Kier molecular flexibility index (Phi) is 5.19. The molecule has 0 aromatic heterocycles. The van der Waals surface area contributed by atoms with E-state index in [1.165, 1.54) is 5.56 Å². The Morgan fingerprint density at radius 1 is 1.33 bits per heavy atom. The zero-order chi connectivity index (χ0) is 10.9. The Bertz CT molecular complexity index is 320. The third-order valence-electron chi connectivity index (χ3n) is 1.93. The number of nitrogens with one attached hydrogen (secondary N) is 1. The number of nitrogens with two attached hydrogens (primary N) is 1. The topological polar surface area (TPSA) is 55.1 Å². The first-order valence-corrected chi connectivity index (χ1v) is 5.01. The van der Waals surface area contributed by atoms with Crippen molar-refractivity contribution in [3.05, 3.63) is 48.2 Å². The van der Waals surface area contributed by atoms with E-state index >= 15 is 0 Å². The normalized spacial score (nSPS) is 10.5.